The summed E-state index contributed by atoms with van der Waals surface area (Å²) in [5.74, 6) is 0.727. The highest BCUT2D eigenvalue weighted by Gasteiger charge is 2.18. The minimum atomic E-state index is -0.0827. The van der Waals surface area contributed by atoms with E-state index in [1.54, 1.807) is 6.20 Å². The predicted octanol–water partition coefficient (Wildman–Crippen LogP) is 2.38. The number of aryl methyl sites for hydroxylation is 1. The molecular formula is C17H23N3O2. The van der Waals surface area contributed by atoms with E-state index in [4.69, 9.17) is 5.11 Å². The van der Waals surface area contributed by atoms with Crippen LogP contribution in [-0.2, 0) is 0 Å². The van der Waals surface area contributed by atoms with Crippen LogP contribution in [0.25, 0.3) is 5.82 Å². The Kier molecular flexibility index (Phi) is 5.33. The van der Waals surface area contributed by atoms with Gasteiger partial charge in [0.15, 0.2) is 0 Å². The Morgan fingerprint density at radius 3 is 2.82 bits per heavy atom. The molecule has 0 aromatic carbocycles. The van der Waals surface area contributed by atoms with Gasteiger partial charge in [-0.3, -0.25) is 4.79 Å². The van der Waals surface area contributed by atoms with Gasteiger partial charge in [0, 0.05) is 30.2 Å². The molecular weight excluding hydrogens is 278 g/mol. The van der Waals surface area contributed by atoms with E-state index in [2.05, 4.69) is 10.3 Å². The van der Waals surface area contributed by atoms with Crippen molar-refractivity contribution in [1.29, 1.82) is 0 Å². The second kappa shape index (κ2) is 7.22. The molecule has 0 aliphatic heterocycles. The molecule has 2 rings (SSSR count). The molecule has 5 heteroatoms. The molecule has 0 bridgehead atoms. The Hall–Kier alpha value is -2.14. The van der Waals surface area contributed by atoms with Crippen molar-refractivity contribution < 1.29 is 9.90 Å². The zero-order valence-electron chi connectivity index (χ0n) is 13.3. The summed E-state index contributed by atoms with van der Waals surface area (Å²) < 4.78 is 1.98. The van der Waals surface area contributed by atoms with E-state index in [0.29, 0.717) is 12.0 Å². The summed E-state index contributed by atoms with van der Waals surface area (Å²) in [7, 11) is 0. The van der Waals surface area contributed by atoms with Crippen molar-refractivity contribution in [2.75, 3.05) is 6.61 Å². The molecule has 0 aliphatic carbocycles. The second-order valence-corrected chi connectivity index (χ2v) is 5.55. The SMILES string of the molecule is Cc1cc(C(=O)NC(C)CCCO)c(C)n1-c1ccccn1. The lowest BCUT2D eigenvalue weighted by Crippen LogP contribution is -2.32. The van der Waals surface area contributed by atoms with Gasteiger partial charge in [-0.2, -0.15) is 0 Å². The van der Waals surface area contributed by atoms with Crippen molar-refractivity contribution in [2.45, 2.75) is 39.7 Å². The molecule has 1 atom stereocenters. The van der Waals surface area contributed by atoms with Crippen LogP contribution in [0.1, 0.15) is 41.5 Å². The molecule has 118 valence electrons. The molecule has 5 nitrogen and oxygen atoms in total. The van der Waals surface area contributed by atoms with Gasteiger partial charge in [-0.25, -0.2) is 4.98 Å². The van der Waals surface area contributed by atoms with Gasteiger partial charge >= 0.3 is 0 Å². The van der Waals surface area contributed by atoms with Crippen LogP contribution in [-0.4, -0.2) is 33.2 Å². The fourth-order valence-electron chi connectivity index (χ4n) is 2.60. The highest BCUT2D eigenvalue weighted by molar-refractivity contribution is 5.96. The van der Waals surface area contributed by atoms with E-state index >= 15 is 0 Å². The van der Waals surface area contributed by atoms with Gasteiger partial charge < -0.3 is 15.0 Å². The van der Waals surface area contributed by atoms with E-state index in [1.165, 1.54) is 0 Å². The molecule has 0 aliphatic rings. The molecule has 22 heavy (non-hydrogen) atoms. The number of aliphatic hydroxyl groups excluding tert-OH is 1. The molecule has 0 fully saturated rings. The van der Waals surface area contributed by atoms with Crippen molar-refractivity contribution in [2.24, 2.45) is 0 Å². The van der Waals surface area contributed by atoms with Crippen molar-refractivity contribution in [3.63, 3.8) is 0 Å². The summed E-state index contributed by atoms with van der Waals surface area (Å²) >= 11 is 0. The van der Waals surface area contributed by atoms with Crippen LogP contribution >= 0.6 is 0 Å². The number of rotatable bonds is 6. The van der Waals surface area contributed by atoms with E-state index in [1.807, 2.05) is 49.6 Å². The van der Waals surface area contributed by atoms with Crippen molar-refractivity contribution in [3.05, 3.63) is 47.4 Å². The fraction of sp³-hybridized carbons (Fsp3) is 0.412. The van der Waals surface area contributed by atoms with Gasteiger partial charge in [0.05, 0.1) is 5.56 Å². The average Bonchev–Trinajstić information content (AvgIpc) is 2.81. The number of amides is 1. The smallest absolute Gasteiger partial charge is 0.253 e. The molecule has 2 heterocycles. The van der Waals surface area contributed by atoms with Crippen LogP contribution < -0.4 is 5.32 Å². The molecule has 2 N–H and O–H groups in total. The van der Waals surface area contributed by atoms with Gasteiger partial charge in [-0.1, -0.05) is 6.07 Å². The maximum atomic E-state index is 12.4. The Morgan fingerprint density at radius 2 is 2.18 bits per heavy atom. The normalized spacial score (nSPS) is 12.2. The summed E-state index contributed by atoms with van der Waals surface area (Å²) in [5.41, 5.74) is 2.52. The van der Waals surface area contributed by atoms with Crippen molar-refractivity contribution in [1.82, 2.24) is 14.9 Å². The Balaban J connectivity index is 2.21. The highest BCUT2D eigenvalue weighted by Crippen LogP contribution is 2.19. The lowest BCUT2D eigenvalue weighted by molar-refractivity contribution is 0.0936. The Morgan fingerprint density at radius 1 is 1.41 bits per heavy atom. The van der Waals surface area contributed by atoms with E-state index in [9.17, 15) is 4.79 Å². The van der Waals surface area contributed by atoms with Crippen LogP contribution in [0.2, 0.25) is 0 Å². The lowest BCUT2D eigenvalue weighted by atomic mass is 10.1. The summed E-state index contributed by atoms with van der Waals surface area (Å²) in [6.45, 7) is 5.99. The van der Waals surface area contributed by atoms with Gasteiger partial charge in [-0.15, -0.1) is 0 Å². The van der Waals surface area contributed by atoms with Crippen LogP contribution in [0.15, 0.2) is 30.5 Å². The fourth-order valence-corrected chi connectivity index (χ4v) is 2.60. The standard InChI is InChI=1S/C17H23N3O2/c1-12(7-6-10-21)19-17(22)15-11-13(2)20(14(15)3)16-8-4-5-9-18-16/h4-5,8-9,11-12,21H,6-7,10H2,1-3H3,(H,19,22). The van der Waals surface area contributed by atoms with Crippen molar-refractivity contribution >= 4 is 5.91 Å². The topological polar surface area (TPSA) is 67.2 Å². The predicted molar refractivity (Wildman–Crippen MR) is 86.3 cm³/mol. The molecule has 0 saturated carbocycles. The Labute approximate surface area is 131 Å². The minimum absolute atomic E-state index is 0.0394. The monoisotopic (exact) mass is 301 g/mol. The molecule has 0 spiro atoms. The number of carbonyl (C=O) groups is 1. The zero-order chi connectivity index (χ0) is 16.1. The van der Waals surface area contributed by atoms with Crippen molar-refractivity contribution in [3.8, 4) is 5.82 Å². The number of hydrogen-bond acceptors (Lipinski definition) is 3. The first-order valence-corrected chi connectivity index (χ1v) is 7.56. The molecule has 0 saturated heterocycles. The van der Waals surface area contributed by atoms with Gasteiger partial charge in [-0.05, 0) is 51.8 Å². The quantitative estimate of drug-likeness (QED) is 0.861. The number of nitrogens with zero attached hydrogens (tertiary/aromatic N) is 2. The lowest BCUT2D eigenvalue weighted by Gasteiger charge is -2.13. The first kappa shape index (κ1) is 16.2. The number of nitrogens with one attached hydrogen (secondary N) is 1. The first-order chi connectivity index (χ1) is 10.5. The highest BCUT2D eigenvalue weighted by atomic mass is 16.3. The number of aliphatic hydroxyl groups is 1. The minimum Gasteiger partial charge on any atom is -0.396 e. The summed E-state index contributed by atoms with van der Waals surface area (Å²) in [6, 6.07) is 7.65. The number of aromatic nitrogens is 2. The maximum absolute atomic E-state index is 12.4. The van der Waals surface area contributed by atoms with Crippen LogP contribution in [0.3, 0.4) is 0 Å². The Bertz CT molecular complexity index is 635. The molecule has 0 radical (unpaired) electrons. The molecule has 2 aromatic heterocycles. The van der Waals surface area contributed by atoms with Crippen LogP contribution in [0, 0.1) is 13.8 Å². The second-order valence-electron chi connectivity index (χ2n) is 5.55. The molecule has 1 unspecified atom stereocenters. The average molecular weight is 301 g/mol. The van der Waals surface area contributed by atoms with E-state index < -0.39 is 0 Å². The number of hydrogen-bond donors (Lipinski definition) is 2. The first-order valence-electron chi connectivity index (χ1n) is 7.56. The summed E-state index contributed by atoms with van der Waals surface area (Å²) in [6.07, 6.45) is 3.19. The third-order valence-corrected chi connectivity index (χ3v) is 3.73. The third kappa shape index (κ3) is 3.54. The largest absolute Gasteiger partial charge is 0.396 e. The molecule has 1 amide bonds. The molecule has 2 aromatic rings. The van der Waals surface area contributed by atoms with Crippen LogP contribution in [0.4, 0.5) is 0 Å². The number of carbonyl (C=O) groups excluding carboxylic acids is 1. The van der Waals surface area contributed by atoms with E-state index in [0.717, 1.165) is 23.6 Å². The van der Waals surface area contributed by atoms with Gasteiger partial charge in [0.2, 0.25) is 0 Å². The summed E-state index contributed by atoms with van der Waals surface area (Å²) in [4.78, 5) is 16.8. The van der Waals surface area contributed by atoms with Gasteiger partial charge in [0.25, 0.3) is 5.91 Å². The zero-order valence-corrected chi connectivity index (χ0v) is 13.3. The van der Waals surface area contributed by atoms with Crippen LogP contribution in [0.5, 0.6) is 0 Å². The summed E-state index contributed by atoms with van der Waals surface area (Å²) in [5, 5.41) is 11.8. The van der Waals surface area contributed by atoms with E-state index in [-0.39, 0.29) is 18.6 Å². The maximum Gasteiger partial charge on any atom is 0.253 e. The third-order valence-electron chi connectivity index (χ3n) is 3.73. The number of pyridine rings is 1. The van der Waals surface area contributed by atoms with Gasteiger partial charge in [0.1, 0.15) is 5.82 Å².